The van der Waals surface area contributed by atoms with Gasteiger partial charge in [0.05, 0.1) is 23.5 Å². The highest BCUT2D eigenvalue weighted by atomic mass is 19.1. The Kier molecular flexibility index (Phi) is 8.85. The van der Waals surface area contributed by atoms with Crippen LogP contribution in [0.4, 0.5) is 8.78 Å². The molecule has 2 atom stereocenters. The van der Waals surface area contributed by atoms with Crippen LogP contribution >= 0.6 is 0 Å². The van der Waals surface area contributed by atoms with Crippen LogP contribution in [0.1, 0.15) is 43.7 Å². The van der Waals surface area contributed by atoms with Gasteiger partial charge in [-0.05, 0) is 73.6 Å². The molecule has 1 aliphatic carbocycles. The molecule has 10 heteroatoms. The second-order valence-corrected chi connectivity index (χ2v) is 9.66. The number of carbonyl (C=O) groups is 1. The van der Waals surface area contributed by atoms with E-state index in [4.69, 9.17) is 4.84 Å². The minimum absolute atomic E-state index is 0.0730. The molecule has 38 heavy (non-hydrogen) atoms. The van der Waals surface area contributed by atoms with Gasteiger partial charge in [0.15, 0.2) is 0 Å². The van der Waals surface area contributed by atoms with Crippen LogP contribution in [-0.4, -0.2) is 52.3 Å². The summed E-state index contributed by atoms with van der Waals surface area (Å²) in [7, 11) is 1.53. The maximum absolute atomic E-state index is 13.8. The number of nitrogens with zero attached hydrogens (tertiary/aromatic N) is 3. The summed E-state index contributed by atoms with van der Waals surface area (Å²) in [5.41, 5.74) is 2.79. The number of rotatable bonds is 10. The van der Waals surface area contributed by atoms with E-state index in [-0.39, 0.29) is 18.9 Å². The van der Waals surface area contributed by atoms with Crippen molar-refractivity contribution in [3.63, 3.8) is 0 Å². The number of oxime groups is 1. The predicted octanol–water partition coefficient (Wildman–Crippen LogP) is 3.62. The fourth-order valence-electron chi connectivity index (χ4n) is 5.09. The lowest BCUT2D eigenvalue weighted by Crippen LogP contribution is -2.53. The van der Waals surface area contributed by atoms with Crippen LogP contribution < -0.4 is 10.6 Å². The summed E-state index contributed by atoms with van der Waals surface area (Å²) in [5.74, 6) is -1.76. The first-order chi connectivity index (χ1) is 18.3. The Balaban J connectivity index is 1.57. The Labute approximate surface area is 220 Å². The predicted molar refractivity (Wildman–Crippen MR) is 140 cm³/mol. The van der Waals surface area contributed by atoms with Crippen LogP contribution in [0.2, 0.25) is 0 Å². The molecule has 0 unspecified atom stereocenters. The lowest BCUT2D eigenvalue weighted by Gasteiger charge is -2.40. The van der Waals surface area contributed by atoms with Crippen molar-refractivity contribution in [2.45, 2.75) is 56.7 Å². The van der Waals surface area contributed by atoms with Gasteiger partial charge >= 0.3 is 0 Å². The van der Waals surface area contributed by atoms with E-state index in [1.165, 1.54) is 26.2 Å². The first-order valence-electron chi connectivity index (χ1n) is 12.6. The summed E-state index contributed by atoms with van der Waals surface area (Å²) in [5, 5.41) is 26.0. The number of benzene rings is 2. The van der Waals surface area contributed by atoms with Crippen molar-refractivity contribution in [1.82, 2.24) is 20.4 Å². The average molecular weight is 526 g/mol. The lowest BCUT2D eigenvalue weighted by atomic mass is 9.75. The van der Waals surface area contributed by atoms with Gasteiger partial charge in [-0.25, -0.2) is 13.5 Å². The van der Waals surface area contributed by atoms with Crippen molar-refractivity contribution in [3.8, 4) is 5.69 Å². The van der Waals surface area contributed by atoms with E-state index >= 15 is 0 Å². The molecule has 1 fully saturated rings. The molecule has 3 N–H and O–H groups in total. The van der Waals surface area contributed by atoms with Crippen LogP contribution in [0.15, 0.2) is 66.1 Å². The number of aliphatic hydroxyl groups excluding tert-OH is 1. The van der Waals surface area contributed by atoms with Crippen LogP contribution in [-0.2, 0) is 21.6 Å². The number of aliphatic hydroxyl groups is 1. The van der Waals surface area contributed by atoms with Crippen molar-refractivity contribution < 1.29 is 23.5 Å². The van der Waals surface area contributed by atoms with Crippen molar-refractivity contribution in [1.29, 1.82) is 0 Å². The molecule has 202 valence electrons. The number of aromatic nitrogens is 2. The average Bonchev–Trinajstić information content (AvgIpc) is 3.43. The van der Waals surface area contributed by atoms with E-state index in [0.29, 0.717) is 31.2 Å². The third-order valence-electron chi connectivity index (χ3n) is 6.95. The smallest absolute Gasteiger partial charge is 0.217 e. The van der Waals surface area contributed by atoms with E-state index in [2.05, 4.69) is 27.0 Å². The molecule has 4 rings (SSSR count). The highest BCUT2D eigenvalue weighted by molar-refractivity contribution is 5.85. The van der Waals surface area contributed by atoms with Crippen molar-refractivity contribution in [3.05, 3.63) is 83.7 Å². The molecule has 0 aliphatic heterocycles. The van der Waals surface area contributed by atoms with E-state index in [1.807, 2.05) is 30.5 Å². The minimum atomic E-state index is -1.02. The molecular formula is C28H33F2N5O3. The monoisotopic (exact) mass is 525 g/mol. The molecule has 0 radical (unpaired) electrons. The minimum Gasteiger partial charge on any atom is -0.399 e. The topological polar surface area (TPSA) is 101 Å². The Bertz CT molecular complexity index is 1230. The number of hydrogen-bond donors (Lipinski definition) is 3. The molecule has 0 bridgehead atoms. The Hall–Kier alpha value is -3.63. The summed E-state index contributed by atoms with van der Waals surface area (Å²) in [6, 6.07) is 12.4. The highest BCUT2D eigenvalue weighted by Gasteiger charge is 2.37. The molecule has 8 nitrogen and oxygen atoms in total. The molecule has 1 aromatic heterocycles. The summed E-state index contributed by atoms with van der Waals surface area (Å²) >= 11 is 0. The van der Waals surface area contributed by atoms with Gasteiger partial charge in [-0.1, -0.05) is 17.3 Å². The molecule has 1 saturated carbocycles. The van der Waals surface area contributed by atoms with Crippen molar-refractivity contribution >= 4 is 11.6 Å². The summed E-state index contributed by atoms with van der Waals surface area (Å²) < 4.78 is 29.3. The Morgan fingerprint density at radius 1 is 1.18 bits per heavy atom. The second kappa shape index (κ2) is 12.3. The third-order valence-corrected chi connectivity index (χ3v) is 6.95. The van der Waals surface area contributed by atoms with Gasteiger partial charge in [0.1, 0.15) is 18.7 Å². The summed E-state index contributed by atoms with van der Waals surface area (Å²) in [6.45, 7) is 1.49. The van der Waals surface area contributed by atoms with Crippen LogP contribution in [0.3, 0.4) is 0 Å². The van der Waals surface area contributed by atoms with E-state index in [9.17, 15) is 18.7 Å². The van der Waals surface area contributed by atoms with Crippen molar-refractivity contribution in [2.24, 2.45) is 5.16 Å². The number of hydrogen-bond acceptors (Lipinski definition) is 6. The van der Waals surface area contributed by atoms with E-state index < -0.39 is 29.3 Å². The number of amides is 1. The third kappa shape index (κ3) is 6.81. The summed E-state index contributed by atoms with van der Waals surface area (Å²) in [4.78, 5) is 16.9. The molecule has 1 heterocycles. The maximum atomic E-state index is 13.8. The molecule has 3 aromatic rings. The van der Waals surface area contributed by atoms with Gasteiger partial charge in [0, 0.05) is 37.5 Å². The number of halogens is 2. The van der Waals surface area contributed by atoms with E-state index in [0.717, 1.165) is 23.0 Å². The van der Waals surface area contributed by atoms with Crippen LogP contribution in [0.25, 0.3) is 5.69 Å². The number of carbonyl (C=O) groups excluding carboxylic acids is 1. The fourth-order valence-corrected chi connectivity index (χ4v) is 5.09. The van der Waals surface area contributed by atoms with Crippen LogP contribution in [0.5, 0.6) is 0 Å². The molecular weight excluding hydrogens is 492 g/mol. The number of nitrogens with one attached hydrogen (secondary N) is 2. The van der Waals surface area contributed by atoms with Gasteiger partial charge in [0.25, 0.3) is 0 Å². The van der Waals surface area contributed by atoms with Crippen LogP contribution in [0, 0.1) is 11.6 Å². The zero-order valence-electron chi connectivity index (χ0n) is 21.5. The van der Waals surface area contributed by atoms with Gasteiger partial charge in [-0.15, -0.1) is 0 Å². The highest BCUT2D eigenvalue weighted by Crippen LogP contribution is 2.37. The van der Waals surface area contributed by atoms with E-state index in [1.54, 1.807) is 10.9 Å². The first kappa shape index (κ1) is 27.4. The molecule has 0 spiro atoms. The SMILES string of the molecule is CON=C1CCC(NC[C@@H](O)[C@H](Cc2cc(F)cc(F)c2)NC(C)=O)(c2cccc(-n3cccn3)c2)CC1. The first-order valence-corrected chi connectivity index (χ1v) is 12.6. The standard InChI is InChI=1S/C28H33F2N5O3/c1-19(36)33-26(15-20-13-22(29)17-23(30)14-20)27(37)18-31-28(9-7-24(8-10-28)34-38-2)21-5-3-6-25(16-21)35-12-4-11-32-35/h3-6,11-14,16-17,26-27,31,37H,7-10,15,18H2,1-2H3,(H,33,36)/t26-,27+,28?/m0/s1. The van der Waals surface area contributed by atoms with Gasteiger partial charge < -0.3 is 20.6 Å². The molecule has 0 saturated heterocycles. The van der Waals surface area contributed by atoms with Crippen molar-refractivity contribution in [2.75, 3.05) is 13.7 Å². The molecule has 1 aliphatic rings. The van der Waals surface area contributed by atoms with Gasteiger partial charge in [-0.2, -0.15) is 5.10 Å². The fraction of sp³-hybridized carbons (Fsp3) is 0.393. The summed E-state index contributed by atoms with van der Waals surface area (Å²) in [6.07, 6.45) is 5.49. The second-order valence-electron chi connectivity index (χ2n) is 9.66. The normalized spacial score (nSPS) is 19.0. The Morgan fingerprint density at radius 2 is 1.92 bits per heavy atom. The van der Waals surface area contributed by atoms with Gasteiger partial charge in [0.2, 0.25) is 5.91 Å². The quantitative estimate of drug-likeness (QED) is 0.351. The van der Waals surface area contributed by atoms with Gasteiger partial charge in [-0.3, -0.25) is 4.79 Å². The molecule has 1 amide bonds. The zero-order chi connectivity index (χ0) is 27.1. The zero-order valence-corrected chi connectivity index (χ0v) is 21.5. The maximum Gasteiger partial charge on any atom is 0.217 e. The molecule has 2 aromatic carbocycles. The largest absolute Gasteiger partial charge is 0.399 e. The lowest BCUT2D eigenvalue weighted by molar-refractivity contribution is -0.120. The Morgan fingerprint density at radius 3 is 2.55 bits per heavy atom.